The number of carbonyl (C=O) groups is 2. The fourth-order valence-electron chi connectivity index (χ4n) is 5.02. The average Bonchev–Trinajstić information content (AvgIpc) is 3.66. The number of aromatic nitrogens is 2. The Hall–Kier alpha value is -3.44. The van der Waals surface area contributed by atoms with Gasteiger partial charge in [0.05, 0.1) is 13.0 Å². The third kappa shape index (κ3) is 21.4. The van der Waals surface area contributed by atoms with Crippen LogP contribution in [0.15, 0.2) is 21.2 Å². The van der Waals surface area contributed by atoms with Crippen LogP contribution < -0.4 is 20.1 Å². The predicted octanol–water partition coefficient (Wildman–Crippen LogP) is 9.20. The minimum atomic E-state index is -0.954. The van der Waals surface area contributed by atoms with Crippen LogP contribution in [0, 0.1) is 6.92 Å². The van der Waals surface area contributed by atoms with E-state index in [2.05, 4.69) is 27.9 Å². The van der Waals surface area contributed by atoms with Crippen LogP contribution in [0.4, 0.5) is 9.59 Å². The first kappa shape index (κ1) is 40.7. The Morgan fingerprint density at radius 1 is 0.750 bits per heavy atom. The second-order valence-corrected chi connectivity index (χ2v) is 13.4. The van der Waals surface area contributed by atoms with Crippen molar-refractivity contribution in [3.8, 4) is 11.8 Å². The average molecular weight is 679 g/mol. The number of nitrogens with one attached hydrogen (secondary N) is 2. The SMILES string of the molecule is CCCCCCCCCCCCCCCc1cc(OCCC(OC(=O)NCCCCCNC(=O)OC(C)(C)C)Oc2cc(C)on2)no1. The van der Waals surface area contributed by atoms with Crippen LogP contribution in [-0.2, 0) is 15.9 Å². The maximum absolute atomic E-state index is 12.5. The molecule has 2 aromatic rings. The van der Waals surface area contributed by atoms with Gasteiger partial charge in [-0.25, -0.2) is 9.59 Å². The molecule has 1 atom stereocenters. The summed E-state index contributed by atoms with van der Waals surface area (Å²) < 4.78 is 32.7. The van der Waals surface area contributed by atoms with Crippen molar-refractivity contribution in [3.63, 3.8) is 0 Å². The van der Waals surface area contributed by atoms with Crippen LogP contribution >= 0.6 is 0 Å². The number of ether oxygens (including phenoxy) is 4. The Kier molecular flexibility index (Phi) is 20.9. The van der Waals surface area contributed by atoms with Crippen molar-refractivity contribution >= 4 is 12.2 Å². The molecular formula is C36H62N4O8. The van der Waals surface area contributed by atoms with E-state index in [1.54, 1.807) is 13.0 Å². The Morgan fingerprint density at radius 3 is 1.90 bits per heavy atom. The molecule has 0 aromatic carbocycles. The van der Waals surface area contributed by atoms with E-state index in [4.69, 9.17) is 28.0 Å². The van der Waals surface area contributed by atoms with Gasteiger partial charge in [0.25, 0.3) is 18.1 Å². The molecule has 0 radical (unpaired) electrons. The highest BCUT2D eigenvalue weighted by Crippen LogP contribution is 2.18. The highest BCUT2D eigenvalue weighted by molar-refractivity contribution is 5.67. The van der Waals surface area contributed by atoms with Gasteiger partial charge in [-0.15, -0.1) is 0 Å². The molecule has 0 aliphatic carbocycles. The van der Waals surface area contributed by atoms with Crippen LogP contribution in [0.1, 0.15) is 148 Å². The molecule has 48 heavy (non-hydrogen) atoms. The van der Waals surface area contributed by atoms with Gasteiger partial charge < -0.3 is 38.6 Å². The monoisotopic (exact) mass is 678 g/mol. The lowest BCUT2D eigenvalue weighted by Gasteiger charge is -2.19. The summed E-state index contributed by atoms with van der Waals surface area (Å²) >= 11 is 0. The molecule has 0 aliphatic heterocycles. The third-order valence-corrected chi connectivity index (χ3v) is 7.56. The number of aryl methyl sites for hydroxylation is 2. The number of alkyl carbamates (subject to hydrolysis) is 2. The number of rotatable bonds is 27. The predicted molar refractivity (Wildman–Crippen MR) is 184 cm³/mol. The molecular weight excluding hydrogens is 616 g/mol. The van der Waals surface area contributed by atoms with Crippen LogP contribution in [0.5, 0.6) is 11.8 Å². The van der Waals surface area contributed by atoms with Crippen molar-refractivity contribution in [1.82, 2.24) is 20.9 Å². The topological polar surface area (TPSA) is 147 Å². The van der Waals surface area contributed by atoms with Crippen LogP contribution in [0.3, 0.4) is 0 Å². The van der Waals surface area contributed by atoms with E-state index in [9.17, 15) is 9.59 Å². The maximum Gasteiger partial charge on any atom is 0.410 e. The number of unbranched alkanes of at least 4 members (excludes halogenated alkanes) is 14. The van der Waals surface area contributed by atoms with E-state index in [0.717, 1.165) is 37.9 Å². The van der Waals surface area contributed by atoms with Crippen molar-refractivity contribution in [3.05, 3.63) is 23.7 Å². The molecule has 2 N–H and O–H groups in total. The van der Waals surface area contributed by atoms with Gasteiger partial charge in [0, 0.05) is 31.6 Å². The summed E-state index contributed by atoms with van der Waals surface area (Å²) in [6.07, 6.45) is 18.5. The van der Waals surface area contributed by atoms with E-state index >= 15 is 0 Å². The van der Waals surface area contributed by atoms with Gasteiger partial charge in [-0.2, -0.15) is 0 Å². The second kappa shape index (κ2) is 24.7. The molecule has 274 valence electrons. The smallest absolute Gasteiger partial charge is 0.410 e. The lowest BCUT2D eigenvalue weighted by Crippen LogP contribution is -2.34. The Morgan fingerprint density at radius 2 is 1.31 bits per heavy atom. The summed E-state index contributed by atoms with van der Waals surface area (Å²) in [5.74, 6) is 1.98. The Labute approximate surface area is 287 Å². The highest BCUT2D eigenvalue weighted by atomic mass is 16.7. The first-order valence-corrected chi connectivity index (χ1v) is 18.2. The summed E-state index contributed by atoms with van der Waals surface area (Å²) in [4.78, 5) is 24.2. The normalized spacial score (nSPS) is 12.0. The summed E-state index contributed by atoms with van der Waals surface area (Å²) in [5, 5.41) is 13.3. The van der Waals surface area contributed by atoms with E-state index < -0.39 is 24.1 Å². The van der Waals surface area contributed by atoms with E-state index in [1.165, 1.54) is 77.0 Å². The Bertz CT molecular complexity index is 1110. The standard InChI is InChI=1S/C36H62N4O8/c1-6-7-8-9-10-11-12-13-14-15-16-17-19-22-30-28-31(39-48-30)43-26-23-33(44-32-27-29(2)47-40-32)45-34(41)37-24-20-18-21-25-38-35(42)46-36(3,4)5/h27-28,33H,6-26H2,1-5H3,(H,37,41)(H,38,42). The number of hydrogen-bond donors (Lipinski definition) is 2. The molecule has 2 amide bonds. The second-order valence-electron chi connectivity index (χ2n) is 13.4. The molecule has 0 fully saturated rings. The number of hydrogen-bond acceptors (Lipinski definition) is 10. The zero-order chi connectivity index (χ0) is 34.9. The molecule has 0 saturated heterocycles. The lowest BCUT2D eigenvalue weighted by atomic mass is 10.0. The van der Waals surface area contributed by atoms with Crippen molar-refractivity contribution in [2.75, 3.05) is 19.7 Å². The summed E-state index contributed by atoms with van der Waals surface area (Å²) in [5.41, 5.74) is -0.528. The third-order valence-electron chi connectivity index (χ3n) is 7.56. The van der Waals surface area contributed by atoms with Crippen LogP contribution in [0.2, 0.25) is 0 Å². The van der Waals surface area contributed by atoms with E-state index in [0.29, 0.717) is 24.7 Å². The fraction of sp³-hybridized carbons (Fsp3) is 0.778. The molecule has 12 nitrogen and oxygen atoms in total. The molecule has 12 heteroatoms. The van der Waals surface area contributed by atoms with Gasteiger partial charge in [0.2, 0.25) is 0 Å². The van der Waals surface area contributed by atoms with Crippen molar-refractivity contribution in [1.29, 1.82) is 0 Å². The van der Waals surface area contributed by atoms with Gasteiger partial charge in [-0.1, -0.05) is 84.0 Å². The number of amides is 2. The fourth-order valence-corrected chi connectivity index (χ4v) is 5.02. The van der Waals surface area contributed by atoms with Gasteiger partial charge in [-0.05, 0) is 63.7 Å². The summed E-state index contributed by atoms with van der Waals surface area (Å²) in [6, 6.07) is 3.43. The summed E-state index contributed by atoms with van der Waals surface area (Å²) in [7, 11) is 0. The number of carbonyl (C=O) groups excluding carboxylic acids is 2. The van der Waals surface area contributed by atoms with Crippen molar-refractivity contribution in [2.45, 2.75) is 162 Å². The summed E-state index contributed by atoms with van der Waals surface area (Å²) in [6.45, 7) is 10.6. The molecule has 2 aromatic heterocycles. The number of nitrogens with zero attached hydrogens (tertiary/aromatic N) is 2. The molecule has 0 spiro atoms. The van der Waals surface area contributed by atoms with Gasteiger partial charge in [-0.3, -0.25) is 0 Å². The quantitative estimate of drug-likeness (QED) is 0.0692. The molecule has 1 unspecified atom stereocenters. The van der Waals surface area contributed by atoms with Crippen molar-refractivity contribution < 1.29 is 37.6 Å². The van der Waals surface area contributed by atoms with Crippen LogP contribution in [-0.4, -0.2) is 54.1 Å². The van der Waals surface area contributed by atoms with Crippen molar-refractivity contribution in [2.24, 2.45) is 0 Å². The molecule has 0 aliphatic rings. The minimum Gasteiger partial charge on any atom is -0.475 e. The van der Waals surface area contributed by atoms with Gasteiger partial charge in [0.15, 0.2) is 0 Å². The molecule has 0 bridgehead atoms. The molecule has 2 rings (SSSR count). The largest absolute Gasteiger partial charge is 0.475 e. The maximum atomic E-state index is 12.5. The van der Waals surface area contributed by atoms with Gasteiger partial charge >= 0.3 is 12.2 Å². The van der Waals surface area contributed by atoms with Gasteiger partial charge in [0.1, 0.15) is 17.1 Å². The van der Waals surface area contributed by atoms with E-state index in [1.807, 2.05) is 26.8 Å². The van der Waals surface area contributed by atoms with Crippen LogP contribution in [0.25, 0.3) is 0 Å². The zero-order valence-electron chi connectivity index (χ0n) is 30.2. The van der Waals surface area contributed by atoms with E-state index in [-0.39, 0.29) is 18.9 Å². The Balaban J connectivity index is 1.59. The first-order valence-electron chi connectivity index (χ1n) is 18.2. The lowest BCUT2D eigenvalue weighted by molar-refractivity contribution is -0.0476. The highest BCUT2D eigenvalue weighted by Gasteiger charge is 2.19. The molecule has 2 heterocycles. The zero-order valence-corrected chi connectivity index (χ0v) is 30.2. The molecule has 0 saturated carbocycles. The minimum absolute atomic E-state index is 0.185. The first-order chi connectivity index (χ1) is 23.1.